The van der Waals surface area contributed by atoms with Gasteiger partial charge in [0.05, 0.1) is 6.54 Å². The quantitative estimate of drug-likeness (QED) is 0.281. The van der Waals surface area contributed by atoms with E-state index in [0.29, 0.717) is 0 Å². The van der Waals surface area contributed by atoms with Crippen LogP contribution in [0.4, 0.5) is 0 Å². The monoisotopic (exact) mass is 115 g/mol. The highest BCUT2D eigenvalue weighted by atomic mass is 15.3. The van der Waals surface area contributed by atoms with Crippen molar-refractivity contribution in [2.24, 2.45) is 0 Å². The highest BCUT2D eigenvalue weighted by molar-refractivity contribution is 5.11. The van der Waals surface area contributed by atoms with Crippen molar-refractivity contribution in [1.29, 1.82) is 0 Å². The zero-order valence-electron chi connectivity index (χ0n) is 5.54. The zero-order chi connectivity index (χ0) is 6.24. The average molecular weight is 115 g/mol. The molecule has 8 heavy (non-hydrogen) atoms. The van der Waals surface area contributed by atoms with Gasteiger partial charge in [0.15, 0.2) is 6.72 Å². The molecule has 0 atom stereocenters. The molecular formula is C6H15N2+. The number of unbranched alkanes of at least 4 members (excludes halogenated alkanes) is 2. The summed E-state index contributed by atoms with van der Waals surface area (Å²) in [5, 5.41) is 2.63. The second kappa shape index (κ2) is 6.47. The first kappa shape index (κ1) is 7.47. The molecular weight excluding hydrogens is 100 g/mol. The third kappa shape index (κ3) is 5.47. The molecule has 2 nitrogen and oxygen atoms in total. The summed E-state index contributed by atoms with van der Waals surface area (Å²) in [7, 11) is 0. The lowest BCUT2D eigenvalue weighted by atomic mass is 10.3. The standard InChI is InChI=1S/C6H14N2/c1-3-4-5-6-8-7-2/h8H,2-6H2,1H3/p+1. The number of nitrogens with one attached hydrogen (secondary N) is 2. The number of hydrazone groups is 1. The van der Waals surface area contributed by atoms with E-state index in [-0.39, 0.29) is 0 Å². The molecule has 0 aliphatic carbocycles. The minimum absolute atomic E-state index is 1.03. The van der Waals surface area contributed by atoms with E-state index in [1.807, 2.05) is 0 Å². The second-order valence-electron chi connectivity index (χ2n) is 1.81. The van der Waals surface area contributed by atoms with Gasteiger partial charge in [-0.15, -0.1) is 5.10 Å². The van der Waals surface area contributed by atoms with Gasteiger partial charge in [-0.1, -0.05) is 19.8 Å². The third-order valence-corrected chi connectivity index (χ3v) is 1.03. The van der Waals surface area contributed by atoms with Crippen molar-refractivity contribution in [2.45, 2.75) is 26.2 Å². The Morgan fingerprint density at radius 1 is 1.50 bits per heavy atom. The molecule has 0 radical (unpaired) electrons. The molecule has 2 heteroatoms. The van der Waals surface area contributed by atoms with Crippen LogP contribution in [0.25, 0.3) is 0 Å². The SMILES string of the molecule is C=[NH+]NCCCCC. The maximum atomic E-state index is 3.42. The van der Waals surface area contributed by atoms with E-state index < -0.39 is 0 Å². The Labute approximate surface area is 51.0 Å². The van der Waals surface area contributed by atoms with Crippen molar-refractivity contribution >= 4 is 6.72 Å². The summed E-state index contributed by atoms with van der Waals surface area (Å²) in [5.41, 5.74) is 2.92. The summed E-state index contributed by atoms with van der Waals surface area (Å²) >= 11 is 0. The van der Waals surface area contributed by atoms with E-state index in [1.165, 1.54) is 19.3 Å². The lowest BCUT2D eigenvalue weighted by Gasteiger charge is -1.91. The molecule has 0 saturated heterocycles. The highest BCUT2D eigenvalue weighted by Crippen LogP contribution is 1.89. The first-order valence-electron chi connectivity index (χ1n) is 3.16. The molecule has 48 valence electrons. The summed E-state index contributed by atoms with van der Waals surface area (Å²) in [5.74, 6) is 0. The van der Waals surface area contributed by atoms with Crippen LogP contribution in [0.5, 0.6) is 0 Å². The summed E-state index contributed by atoms with van der Waals surface area (Å²) in [4.78, 5) is 0. The highest BCUT2D eigenvalue weighted by Gasteiger charge is 1.82. The van der Waals surface area contributed by atoms with Crippen LogP contribution in [-0.2, 0) is 0 Å². The number of hydrogen-bond acceptors (Lipinski definition) is 1. The first-order valence-corrected chi connectivity index (χ1v) is 3.16. The van der Waals surface area contributed by atoms with Crippen LogP contribution in [-0.4, -0.2) is 13.3 Å². The largest absolute Gasteiger partial charge is 0.201 e. The van der Waals surface area contributed by atoms with Crippen LogP contribution in [0.1, 0.15) is 26.2 Å². The lowest BCUT2D eigenvalue weighted by Crippen LogP contribution is -2.77. The number of hydrazine groups is 1. The van der Waals surface area contributed by atoms with Crippen molar-refractivity contribution in [3.8, 4) is 0 Å². The number of rotatable bonds is 5. The van der Waals surface area contributed by atoms with Crippen molar-refractivity contribution in [1.82, 2.24) is 5.43 Å². The minimum Gasteiger partial charge on any atom is -0.201 e. The Balaban J connectivity index is 2.62. The molecule has 0 aromatic rings. The van der Waals surface area contributed by atoms with Crippen molar-refractivity contribution in [2.75, 3.05) is 6.54 Å². The molecule has 0 spiro atoms. The van der Waals surface area contributed by atoms with Crippen molar-refractivity contribution < 1.29 is 5.10 Å². The Morgan fingerprint density at radius 3 is 2.75 bits per heavy atom. The molecule has 0 aromatic heterocycles. The molecule has 0 saturated carbocycles. The predicted molar refractivity (Wildman–Crippen MR) is 35.6 cm³/mol. The summed E-state index contributed by atoms with van der Waals surface area (Å²) in [6, 6.07) is 0. The van der Waals surface area contributed by atoms with E-state index in [1.54, 1.807) is 0 Å². The fraction of sp³-hybridized carbons (Fsp3) is 0.833. The number of hydrogen-bond donors (Lipinski definition) is 2. The molecule has 0 rings (SSSR count). The molecule has 0 fully saturated rings. The van der Waals surface area contributed by atoms with Gasteiger partial charge in [-0.25, -0.2) is 5.43 Å². The van der Waals surface area contributed by atoms with Crippen LogP contribution < -0.4 is 10.5 Å². The molecule has 2 N–H and O–H groups in total. The maximum absolute atomic E-state index is 3.42. The Hall–Kier alpha value is -0.530. The smallest absolute Gasteiger partial charge is 0.154 e. The summed E-state index contributed by atoms with van der Waals surface area (Å²) in [6.07, 6.45) is 3.81. The van der Waals surface area contributed by atoms with Crippen LogP contribution in [0.15, 0.2) is 0 Å². The van der Waals surface area contributed by atoms with Gasteiger partial charge in [0.1, 0.15) is 0 Å². The average Bonchev–Trinajstić information content (AvgIpc) is 1.81. The second-order valence-corrected chi connectivity index (χ2v) is 1.81. The van der Waals surface area contributed by atoms with Gasteiger partial charge < -0.3 is 0 Å². The minimum atomic E-state index is 1.03. The normalized spacial score (nSPS) is 8.62. The maximum Gasteiger partial charge on any atom is 0.154 e. The van der Waals surface area contributed by atoms with E-state index in [9.17, 15) is 0 Å². The van der Waals surface area contributed by atoms with E-state index in [2.05, 4.69) is 24.2 Å². The van der Waals surface area contributed by atoms with Gasteiger partial charge in [0.25, 0.3) is 0 Å². The zero-order valence-corrected chi connectivity index (χ0v) is 5.54. The van der Waals surface area contributed by atoms with Crippen LogP contribution in [0, 0.1) is 0 Å². The van der Waals surface area contributed by atoms with Crippen molar-refractivity contribution in [3.05, 3.63) is 0 Å². The van der Waals surface area contributed by atoms with Crippen LogP contribution in [0.3, 0.4) is 0 Å². The Bertz CT molecular complexity index is 52.5. The Kier molecular flexibility index (Phi) is 6.04. The van der Waals surface area contributed by atoms with E-state index in [4.69, 9.17) is 0 Å². The van der Waals surface area contributed by atoms with Gasteiger partial charge in [-0.05, 0) is 6.42 Å². The first-order chi connectivity index (χ1) is 3.91. The Morgan fingerprint density at radius 2 is 2.25 bits per heavy atom. The van der Waals surface area contributed by atoms with Gasteiger partial charge in [0.2, 0.25) is 0 Å². The molecule has 0 aliphatic heterocycles. The predicted octanol–water partition coefficient (Wildman–Crippen LogP) is -0.538. The topological polar surface area (TPSA) is 26.0 Å². The van der Waals surface area contributed by atoms with Gasteiger partial charge >= 0.3 is 0 Å². The molecule has 0 amide bonds. The molecule has 0 aromatic carbocycles. The van der Waals surface area contributed by atoms with Gasteiger partial charge in [0, 0.05) is 0 Å². The molecule has 0 aliphatic rings. The van der Waals surface area contributed by atoms with Gasteiger partial charge in [-0.3, -0.25) is 0 Å². The van der Waals surface area contributed by atoms with Crippen LogP contribution >= 0.6 is 0 Å². The lowest BCUT2D eigenvalue weighted by molar-refractivity contribution is -0.517. The van der Waals surface area contributed by atoms with E-state index in [0.717, 1.165) is 6.54 Å². The van der Waals surface area contributed by atoms with Gasteiger partial charge in [-0.2, -0.15) is 0 Å². The fourth-order valence-electron chi connectivity index (χ4n) is 0.552. The van der Waals surface area contributed by atoms with Crippen LogP contribution in [0.2, 0.25) is 0 Å². The van der Waals surface area contributed by atoms with E-state index >= 15 is 0 Å². The fourth-order valence-corrected chi connectivity index (χ4v) is 0.552. The third-order valence-electron chi connectivity index (χ3n) is 1.03. The molecule has 0 heterocycles. The molecule has 0 bridgehead atoms. The van der Waals surface area contributed by atoms with Crippen molar-refractivity contribution in [3.63, 3.8) is 0 Å². The molecule has 0 unspecified atom stereocenters. The summed E-state index contributed by atoms with van der Waals surface area (Å²) in [6.45, 7) is 6.64. The summed E-state index contributed by atoms with van der Waals surface area (Å²) < 4.78 is 0.